The van der Waals surface area contributed by atoms with E-state index < -0.39 is 0 Å². The normalized spacial score (nSPS) is 11.1. The molecule has 0 aliphatic carbocycles. The first-order valence-electron chi connectivity index (χ1n) is 7.44. The van der Waals surface area contributed by atoms with Crippen LogP contribution in [0.3, 0.4) is 0 Å². The number of nitrogens with zero attached hydrogens (tertiary/aromatic N) is 1. The highest BCUT2D eigenvalue weighted by Gasteiger charge is 2.01. The fraction of sp³-hybridized carbons (Fsp3) is 0.438. The van der Waals surface area contributed by atoms with E-state index in [0.29, 0.717) is 0 Å². The number of thiophene rings is 2. The molecule has 3 nitrogen and oxygen atoms in total. The lowest BCUT2D eigenvalue weighted by atomic mass is 10.3. The van der Waals surface area contributed by atoms with Gasteiger partial charge in [-0.3, -0.25) is 0 Å². The SMILES string of the molecule is CCNC(=NCc1ccc(CC)s1)NCCc1cccs1.I. The molecule has 2 N–H and O–H groups in total. The molecule has 0 aliphatic heterocycles. The summed E-state index contributed by atoms with van der Waals surface area (Å²) in [5.41, 5.74) is 0. The van der Waals surface area contributed by atoms with Crippen molar-refractivity contribution < 1.29 is 0 Å². The lowest BCUT2D eigenvalue weighted by Crippen LogP contribution is -2.38. The van der Waals surface area contributed by atoms with Crippen LogP contribution in [0.25, 0.3) is 0 Å². The average molecular weight is 449 g/mol. The summed E-state index contributed by atoms with van der Waals surface area (Å²) in [6.07, 6.45) is 2.15. The smallest absolute Gasteiger partial charge is 0.191 e. The molecule has 0 aromatic carbocycles. The Kier molecular flexibility index (Phi) is 9.74. The molecule has 0 aliphatic rings. The van der Waals surface area contributed by atoms with Crippen molar-refractivity contribution in [2.75, 3.05) is 13.1 Å². The maximum Gasteiger partial charge on any atom is 0.191 e. The van der Waals surface area contributed by atoms with Crippen molar-refractivity contribution in [1.29, 1.82) is 0 Å². The third-order valence-corrected chi connectivity index (χ3v) is 5.20. The van der Waals surface area contributed by atoms with Gasteiger partial charge in [0.05, 0.1) is 6.54 Å². The van der Waals surface area contributed by atoms with Crippen molar-refractivity contribution in [3.63, 3.8) is 0 Å². The van der Waals surface area contributed by atoms with Crippen LogP contribution in [0.5, 0.6) is 0 Å². The predicted octanol–water partition coefficient (Wildman–Crippen LogP) is 4.29. The number of aliphatic imine (C=N–C) groups is 1. The quantitative estimate of drug-likeness (QED) is 0.376. The highest BCUT2D eigenvalue weighted by molar-refractivity contribution is 14.0. The molecule has 0 spiro atoms. The standard InChI is InChI=1S/C16H23N3S2.HI/c1-3-13-7-8-15(21-13)12-19-16(17-4-2)18-10-9-14-6-5-11-20-14;/h5-8,11H,3-4,9-10,12H2,1-2H3,(H2,17,18,19);1H. The second-order valence-electron chi connectivity index (χ2n) is 4.67. The van der Waals surface area contributed by atoms with Gasteiger partial charge in [-0.15, -0.1) is 46.7 Å². The molecule has 2 aromatic rings. The van der Waals surface area contributed by atoms with Crippen molar-refractivity contribution in [2.24, 2.45) is 4.99 Å². The van der Waals surface area contributed by atoms with Crippen LogP contribution in [0.15, 0.2) is 34.6 Å². The van der Waals surface area contributed by atoms with Crippen molar-refractivity contribution in [3.8, 4) is 0 Å². The molecule has 2 aromatic heterocycles. The summed E-state index contributed by atoms with van der Waals surface area (Å²) >= 11 is 3.66. The van der Waals surface area contributed by atoms with E-state index in [1.165, 1.54) is 14.6 Å². The van der Waals surface area contributed by atoms with Crippen LogP contribution in [0.1, 0.15) is 28.5 Å². The van der Waals surface area contributed by atoms with Gasteiger partial charge in [-0.2, -0.15) is 0 Å². The fourth-order valence-electron chi connectivity index (χ4n) is 1.95. The zero-order valence-corrected chi connectivity index (χ0v) is 17.1. The second kappa shape index (κ2) is 11.0. The molecule has 22 heavy (non-hydrogen) atoms. The highest BCUT2D eigenvalue weighted by Crippen LogP contribution is 2.17. The molecule has 2 heterocycles. The molecule has 0 unspecified atom stereocenters. The fourth-order valence-corrected chi connectivity index (χ4v) is 3.55. The zero-order chi connectivity index (χ0) is 14.9. The minimum absolute atomic E-state index is 0. The molecule has 6 heteroatoms. The Bertz CT molecular complexity index is 550. The number of halogens is 1. The molecule has 0 saturated carbocycles. The summed E-state index contributed by atoms with van der Waals surface area (Å²) in [4.78, 5) is 8.81. The number of aryl methyl sites for hydroxylation is 1. The van der Waals surface area contributed by atoms with Crippen LogP contribution in [-0.4, -0.2) is 19.0 Å². The van der Waals surface area contributed by atoms with Crippen LogP contribution in [-0.2, 0) is 19.4 Å². The van der Waals surface area contributed by atoms with E-state index in [4.69, 9.17) is 0 Å². The first kappa shape index (κ1) is 19.4. The number of guanidine groups is 1. The Morgan fingerprint density at radius 2 is 1.91 bits per heavy atom. The Balaban J connectivity index is 0.00000242. The molecular weight excluding hydrogens is 425 g/mol. The van der Waals surface area contributed by atoms with Crippen LogP contribution < -0.4 is 10.6 Å². The van der Waals surface area contributed by atoms with Gasteiger partial charge in [-0.25, -0.2) is 4.99 Å². The van der Waals surface area contributed by atoms with Gasteiger partial charge in [0, 0.05) is 27.7 Å². The molecule has 0 bridgehead atoms. The maximum absolute atomic E-state index is 4.66. The van der Waals surface area contributed by atoms with E-state index in [1.54, 1.807) is 11.3 Å². The third kappa shape index (κ3) is 6.66. The molecule has 0 fully saturated rings. The first-order valence-corrected chi connectivity index (χ1v) is 9.13. The summed E-state index contributed by atoms with van der Waals surface area (Å²) in [5, 5.41) is 8.82. The Morgan fingerprint density at radius 1 is 1.09 bits per heavy atom. The Labute approximate surface area is 158 Å². The monoisotopic (exact) mass is 449 g/mol. The third-order valence-electron chi connectivity index (χ3n) is 3.05. The highest BCUT2D eigenvalue weighted by atomic mass is 127. The number of hydrogen-bond donors (Lipinski definition) is 2. The zero-order valence-electron chi connectivity index (χ0n) is 13.1. The minimum atomic E-state index is 0. The van der Waals surface area contributed by atoms with E-state index in [9.17, 15) is 0 Å². The summed E-state index contributed by atoms with van der Waals surface area (Å²) < 4.78 is 0. The van der Waals surface area contributed by atoms with Gasteiger partial charge in [0.25, 0.3) is 0 Å². The molecule has 0 radical (unpaired) electrons. The number of rotatable bonds is 7. The molecular formula is C16H24IN3S2. The Morgan fingerprint density at radius 3 is 2.55 bits per heavy atom. The van der Waals surface area contributed by atoms with Gasteiger partial charge in [-0.05, 0) is 43.3 Å². The van der Waals surface area contributed by atoms with Gasteiger partial charge < -0.3 is 10.6 Å². The van der Waals surface area contributed by atoms with E-state index >= 15 is 0 Å². The van der Waals surface area contributed by atoms with Crippen molar-refractivity contribution >= 4 is 52.6 Å². The van der Waals surface area contributed by atoms with Crippen LogP contribution in [0.4, 0.5) is 0 Å². The molecule has 2 rings (SSSR count). The number of hydrogen-bond acceptors (Lipinski definition) is 3. The summed E-state index contributed by atoms with van der Waals surface area (Å²) in [6.45, 7) is 6.83. The molecule has 0 saturated heterocycles. The lowest BCUT2D eigenvalue weighted by molar-refractivity contribution is 0.806. The summed E-state index contributed by atoms with van der Waals surface area (Å²) in [6, 6.07) is 8.66. The first-order chi connectivity index (χ1) is 10.3. The van der Waals surface area contributed by atoms with Crippen LogP contribution in [0.2, 0.25) is 0 Å². The number of nitrogens with one attached hydrogen (secondary N) is 2. The van der Waals surface area contributed by atoms with Gasteiger partial charge in [0.1, 0.15) is 0 Å². The van der Waals surface area contributed by atoms with Crippen molar-refractivity contribution in [1.82, 2.24) is 10.6 Å². The average Bonchev–Trinajstić information content (AvgIpc) is 3.16. The van der Waals surface area contributed by atoms with E-state index in [1.807, 2.05) is 11.3 Å². The topological polar surface area (TPSA) is 36.4 Å². The van der Waals surface area contributed by atoms with Crippen molar-refractivity contribution in [3.05, 3.63) is 44.3 Å². The van der Waals surface area contributed by atoms with E-state index in [2.05, 4.69) is 59.1 Å². The van der Waals surface area contributed by atoms with E-state index in [-0.39, 0.29) is 24.0 Å². The summed E-state index contributed by atoms with van der Waals surface area (Å²) in [5.74, 6) is 0.903. The van der Waals surface area contributed by atoms with E-state index in [0.717, 1.165) is 38.4 Å². The van der Waals surface area contributed by atoms with Crippen molar-refractivity contribution in [2.45, 2.75) is 33.2 Å². The second-order valence-corrected chi connectivity index (χ2v) is 6.96. The van der Waals surface area contributed by atoms with Gasteiger partial charge in [0.15, 0.2) is 5.96 Å². The molecule has 0 amide bonds. The largest absolute Gasteiger partial charge is 0.357 e. The lowest BCUT2D eigenvalue weighted by Gasteiger charge is -2.10. The summed E-state index contributed by atoms with van der Waals surface area (Å²) in [7, 11) is 0. The van der Waals surface area contributed by atoms with Crippen LogP contribution in [0, 0.1) is 0 Å². The molecule has 122 valence electrons. The van der Waals surface area contributed by atoms with Gasteiger partial charge >= 0.3 is 0 Å². The maximum atomic E-state index is 4.66. The predicted molar refractivity (Wildman–Crippen MR) is 110 cm³/mol. The molecule has 0 atom stereocenters. The Hall–Kier alpha value is -0.600. The van der Waals surface area contributed by atoms with Gasteiger partial charge in [-0.1, -0.05) is 13.0 Å². The van der Waals surface area contributed by atoms with Gasteiger partial charge in [0.2, 0.25) is 0 Å². The van der Waals surface area contributed by atoms with Crippen LogP contribution >= 0.6 is 46.7 Å². The minimum Gasteiger partial charge on any atom is -0.357 e.